The Morgan fingerprint density at radius 3 is 2.80 bits per heavy atom. The summed E-state index contributed by atoms with van der Waals surface area (Å²) in [6.45, 7) is 6.68. The van der Waals surface area contributed by atoms with Crippen LogP contribution in [-0.4, -0.2) is 54.5 Å². The van der Waals surface area contributed by atoms with Crippen LogP contribution < -0.4 is 5.32 Å². The van der Waals surface area contributed by atoms with Gasteiger partial charge in [-0.1, -0.05) is 0 Å². The number of rotatable bonds is 6. The molecular formula is C15H28N2O3. The first-order chi connectivity index (χ1) is 9.63. The lowest BCUT2D eigenvalue weighted by Crippen LogP contribution is -2.53. The van der Waals surface area contributed by atoms with E-state index in [-0.39, 0.29) is 18.7 Å². The molecule has 1 aliphatic heterocycles. The van der Waals surface area contributed by atoms with Crippen LogP contribution in [0.15, 0.2) is 0 Å². The highest BCUT2D eigenvalue weighted by Gasteiger charge is 2.37. The first kappa shape index (κ1) is 15.6. The summed E-state index contributed by atoms with van der Waals surface area (Å²) in [5, 5.41) is 12.2. The zero-order chi connectivity index (χ0) is 14.5. The van der Waals surface area contributed by atoms with Crippen molar-refractivity contribution in [3.63, 3.8) is 0 Å². The van der Waals surface area contributed by atoms with Crippen LogP contribution >= 0.6 is 0 Å². The Morgan fingerprint density at radius 1 is 1.45 bits per heavy atom. The van der Waals surface area contributed by atoms with Crippen molar-refractivity contribution in [3.8, 4) is 0 Å². The molecule has 1 aliphatic carbocycles. The van der Waals surface area contributed by atoms with Crippen molar-refractivity contribution in [2.24, 2.45) is 11.8 Å². The highest BCUT2D eigenvalue weighted by Crippen LogP contribution is 2.36. The summed E-state index contributed by atoms with van der Waals surface area (Å²) in [5.74, 6) is 1.29. The summed E-state index contributed by atoms with van der Waals surface area (Å²) >= 11 is 0. The minimum Gasteiger partial charge on any atom is -0.450 e. The van der Waals surface area contributed by atoms with Crippen molar-refractivity contribution in [1.29, 1.82) is 0 Å². The van der Waals surface area contributed by atoms with Gasteiger partial charge in [0.2, 0.25) is 0 Å². The number of hydrogen-bond acceptors (Lipinski definition) is 4. The maximum Gasteiger partial charge on any atom is 0.407 e. The van der Waals surface area contributed by atoms with E-state index >= 15 is 0 Å². The van der Waals surface area contributed by atoms with Gasteiger partial charge in [-0.3, -0.25) is 4.90 Å². The summed E-state index contributed by atoms with van der Waals surface area (Å²) in [5.41, 5.74) is 0. The first-order valence-corrected chi connectivity index (χ1v) is 7.92. The largest absolute Gasteiger partial charge is 0.450 e. The van der Waals surface area contributed by atoms with Crippen LogP contribution in [0.4, 0.5) is 4.79 Å². The molecule has 1 heterocycles. The van der Waals surface area contributed by atoms with Gasteiger partial charge in [0.1, 0.15) is 0 Å². The second-order valence-electron chi connectivity index (χ2n) is 6.21. The number of aliphatic hydroxyl groups excluding tert-OH is 1. The number of ether oxygens (including phenoxy) is 1. The molecule has 3 unspecified atom stereocenters. The molecule has 1 amide bonds. The Labute approximate surface area is 121 Å². The summed E-state index contributed by atoms with van der Waals surface area (Å²) in [7, 11) is 0. The van der Waals surface area contributed by atoms with Crippen molar-refractivity contribution in [2.75, 3.05) is 26.3 Å². The minimum atomic E-state index is -0.318. The molecule has 2 fully saturated rings. The van der Waals surface area contributed by atoms with Crippen molar-refractivity contribution < 1.29 is 14.6 Å². The number of alkyl carbamates (subject to hydrolysis) is 1. The quantitative estimate of drug-likeness (QED) is 0.778. The fraction of sp³-hybridized carbons (Fsp3) is 0.933. The Balaban J connectivity index is 1.90. The lowest BCUT2D eigenvalue weighted by molar-refractivity contribution is 0.0770. The number of nitrogens with zero attached hydrogens (tertiary/aromatic N) is 1. The molecule has 5 nitrogen and oxygen atoms in total. The molecule has 1 saturated carbocycles. The second-order valence-corrected chi connectivity index (χ2v) is 6.21. The molecule has 5 heteroatoms. The van der Waals surface area contributed by atoms with E-state index in [2.05, 4.69) is 17.1 Å². The van der Waals surface area contributed by atoms with E-state index in [1.807, 2.05) is 6.92 Å². The van der Waals surface area contributed by atoms with Crippen LogP contribution in [0.5, 0.6) is 0 Å². The van der Waals surface area contributed by atoms with Gasteiger partial charge >= 0.3 is 6.09 Å². The average Bonchev–Trinajstić information content (AvgIpc) is 3.22. The number of carbonyl (C=O) groups is 1. The molecule has 0 aromatic heterocycles. The van der Waals surface area contributed by atoms with Crippen molar-refractivity contribution in [1.82, 2.24) is 10.2 Å². The summed E-state index contributed by atoms with van der Waals surface area (Å²) < 4.78 is 4.98. The van der Waals surface area contributed by atoms with E-state index in [1.54, 1.807) is 0 Å². The highest BCUT2D eigenvalue weighted by molar-refractivity contribution is 5.67. The van der Waals surface area contributed by atoms with Crippen LogP contribution in [0.3, 0.4) is 0 Å². The smallest absolute Gasteiger partial charge is 0.407 e. The monoisotopic (exact) mass is 284 g/mol. The number of carbonyl (C=O) groups excluding carboxylic acids is 1. The lowest BCUT2D eigenvalue weighted by Gasteiger charge is -2.41. The van der Waals surface area contributed by atoms with Crippen LogP contribution in [0, 0.1) is 11.8 Å². The fourth-order valence-electron chi connectivity index (χ4n) is 3.29. The molecule has 0 aromatic rings. The number of likely N-dealkylation sites (tertiary alicyclic amines) is 1. The minimum absolute atomic E-state index is 0.139. The molecule has 0 bridgehead atoms. The number of amides is 1. The van der Waals surface area contributed by atoms with Crippen LogP contribution in [-0.2, 0) is 4.74 Å². The van der Waals surface area contributed by atoms with E-state index in [0.29, 0.717) is 18.6 Å². The Morgan fingerprint density at radius 2 is 2.20 bits per heavy atom. The zero-order valence-electron chi connectivity index (χ0n) is 12.7. The third-order valence-corrected chi connectivity index (χ3v) is 4.58. The van der Waals surface area contributed by atoms with E-state index < -0.39 is 0 Å². The average molecular weight is 284 g/mol. The van der Waals surface area contributed by atoms with E-state index in [1.165, 1.54) is 12.8 Å². The molecule has 0 aromatic carbocycles. The second kappa shape index (κ2) is 7.27. The predicted molar refractivity (Wildman–Crippen MR) is 77.5 cm³/mol. The molecule has 2 N–H and O–H groups in total. The Kier molecular flexibility index (Phi) is 5.66. The molecule has 2 rings (SSSR count). The number of hydrogen-bond donors (Lipinski definition) is 2. The third-order valence-electron chi connectivity index (χ3n) is 4.58. The summed E-state index contributed by atoms with van der Waals surface area (Å²) in [4.78, 5) is 14.1. The molecule has 3 atom stereocenters. The van der Waals surface area contributed by atoms with Crippen LogP contribution in [0.2, 0.25) is 0 Å². The van der Waals surface area contributed by atoms with Crippen molar-refractivity contribution in [2.45, 2.75) is 51.6 Å². The molecule has 0 radical (unpaired) electrons. The van der Waals surface area contributed by atoms with Crippen molar-refractivity contribution in [3.05, 3.63) is 0 Å². The van der Waals surface area contributed by atoms with Gasteiger partial charge in [-0.15, -0.1) is 0 Å². The standard InChI is InChI=1S/C15H28N2O3/c1-3-20-15(19)16-14-8-12(6-7-18)9-17(10-14)11(2)13-4-5-13/h11-14,18H,3-10H2,1-2H3,(H,16,19). The normalized spacial score (nSPS) is 28.9. The van der Waals surface area contributed by atoms with Crippen LogP contribution in [0.1, 0.15) is 39.5 Å². The van der Waals surface area contributed by atoms with Gasteiger partial charge in [0.25, 0.3) is 0 Å². The molecular weight excluding hydrogens is 256 g/mol. The van der Waals surface area contributed by atoms with Crippen molar-refractivity contribution >= 4 is 6.09 Å². The predicted octanol–water partition coefficient (Wildman–Crippen LogP) is 1.60. The van der Waals surface area contributed by atoms with E-state index in [4.69, 9.17) is 4.74 Å². The summed E-state index contributed by atoms with van der Waals surface area (Å²) in [6, 6.07) is 0.725. The molecule has 2 aliphatic rings. The zero-order valence-corrected chi connectivity index (χ0v) is 12.7. The third kappa shape index (κ3) is 4.35. The topological polar surface area (TPSA) is 61.8 Å². The van der Waals surface area contributed by atoms with Gasteiger partial charge in [-0.25, -0.2) is 4.79 Å². The maximum absolute atomic E-state index is 11.6. The van der Waals surface area contributed by atoms with E-state index in [9.17, 15) is 9.90 Å². The van der Waals surface area contributed by atoms with Gasteiger partial charge < -0.3 is 15.2 Å². The Hall–Kier alpha value is -0.810. The van der Waals surface area contributed by atoms with E-state index in [0.717, 1.165) is 31.8 Å². The summed E-state index contributed by atoms with van der Waals surface area (Å²) in [6.07, 6.45) is 4.10. The number of aliphatic hydroxyl groups is 1. The van der Waals surface area contributed by atoms with Gasteiger partial charge in [-0.05, 0) is 51.4 Å². The fourth-order valence-corrected chi connectivity index (χ4v) is 3.29. The molecule has 20 heavy (non-hydrogen) atoms. The number of piperidine rings is 1. The SMILES string of the molecule is CCOC(=O)NC1CC(CCO)CN(C(C)C2CC2)C1. The van der Waals surface area contributed by atoms with Gasteiger partial charge in [0, 0.05) is 31.8 Å². The molecule has 0 spiro atoms. The Bertz CT molecular complexity index is 320. The lowest BCUT2D eigenvalue weighted by atomic mass is 9.90. The van der Waals surface area contributed by atoms with Gasteiger partial charge in [0.05, 0.1) is 6.61 Å². The van der Waals surface area contributed by atoms with Gasteiger partial charge in [-0.2, -0.15) is 0 Å². The van der Waals surface area contributed by atoms with Gasteiger partial charge in [0.15, 0.2) is 0 Å². The van der Waals surface area contributed by atoms with Crippen LogP contribution in [0.25, 0.3) is 0 Å². The molecule has 116 valence electrons. The maximum atomic E-state index is 11.6. The first-order valence-electron chi connectivity index (χ1n) is 7.92. The number of nitrogens with one attached hydrogen (secondary N) is 1. The highest BCUT2D eigenvalue weighted by atomic mass is 16.5. The molecule has 1 saturated heterocycles.